The minimum atomic E-state index is 0.139. The van der Waals surface area contributed by atoms with E-state index in [4.69, 9.17) is 0 Å². The highest BCUT2D eigenvalue weighted by atomic mass is 14.9. The van der Waals surface area contributed by atoms with Crippen molar-refractivity contribution in [2.75, 3.05) is 0 Å². The lowest BCUT2D eigenvalue weighted by Gasteiger charge is -2.23. The van der Waals surface area contributed by atoms with Gasteiger partial charge >= 0.3 is 0 Å². The van der Waals surface area contributed by atoms with Gasteiger partial charge in [0.15, 0.2) is 5.69 Å². The fraction of sp³-hybridized carbons (Fsp3) is 0.500. The van der Waals surface area contributed by atoms with Crippen LogP contribution >= 0.6 is 0 Å². The summed E-state index contributed by atoms with van der Waals surface area (Å²) in [5, 5.41) is 2.79. The average molecular weight is 413 g/mol. The Morgan fingerprint density at radius 2 is 1.68 bits per heavy atom. The molecule has 1 heterocycles. The van der Waals surface area contributed by atoms with E-state index in [1.54, 1.807) is 5.56 Å². The highest BCUT2D eigenvalue weighted by Crippen LogP contribution is 2.53. The number of rotatable bonds is 2. The molecule has 2 fully saturated rings. The Kier molecular flexibility index (Phi) is 4.81. The van der Waals surface area contributed by atoms with E-state index in [0.29, 0.717) is 0 Å². The molecular formula is C30H38N+. The molecule has 2 bridgehead atoms. The molecule has 3 atom stereocenters. The van der Waals surface area contributed by atoms with Crippen LogP contribution in [-0.2, 0) is 12.5 Å². The standard InChI is InChI=1S/C30H38N/c1-18-12-25(30(4,5)6)17-27(20(18)3)29-26-11-10-23(16-24(26)13-19(2)31(29)7)28-15-21-8-9-22(28)14-21/h10-13,16-17,21-22,28H,8-9,14-15H2,1-7H3/q+1. The van der Waals surface area contributed by atoms with Gasteiger partial charge in [-0.2, -0.15) is 4.57 Å². The van der Waals surface area contributed by atoms with Crippen LogP contribution in [0.4, 0.5) is 0 Å². The molecule has 2 aliphatic rings. The molecule has 3 aromatic rings. The van der Waals surface area contributed by atoms with Crippen molar-refractivity contribution in [2.45, 2.75) is 78.6 Å². The van der Waals surface area contributed by atoms with Crippen LogP contribution in [0, 0.1) is 32.6 Å². The third-order valence-electron chi connectivity index (χ3n) is 8.51. The molecule has 2 aromatic carbocycles. The monoisotopic (exact) mass is 412 g/mol. The summed E-state index contributed by atoms with van der Waals surface area (Å²) in [6.07, 6.45) is 5.79. The van der Waals surface area contributed by atoms with Crippen LogP contribution in [0.25, 0.3) is 22.0 Å². The van der Waals surface area contributed by atoms with Crippen LogP contribution in [0.3, 0.4) is 0 Å². The Bertz CT molecular complexity index is 1180. The van der Waals surface area contributed by atoms with Gasteiger partial charge in [-0.25, -0.2) is 0 Å². The van der Waals surface area contributed by atoms with Gasteiger partial charge in [-0.1, -0.05) is 45.4 Å². The van der Waals surface area contributed by atoms with Crippen molar-refractivity contribution in [3.05, 3.63) is 64.3 Å². The SMILES string of the molecule is Cc1cc(C(C)(C)C)cc(-c2c3ccc(C4CC5CCC4C5)cc3cc(C)[n+]2C)c1C. The Morgan fingerprint density at radius 1 is 0.903 bits per heavy atom. The zero-order valence-corrected chi connectivity index (χ0v) is 20.5. The van der Waals surface area contributed by atoms with Crippen LogP contribution < -0.4 is 4.57 Å². The Morgan fingerprint density at radius 3 is 2.32 bits per heavy atom. The van der Waals surface area contributed by atoms with Gasteiger partial charge in [0.2, 0.25) is 5.69 Å². The molecule has 31 heavy (non-hydrogen) atoms. The maximum Gasteiger partial charge on any atom is 0.220 e. The number of aromatic nitrogens is 1. The summed E-state index contributed by atoms with van der Waals surface area (Å²) in [4.78, 5) is 0. The maximum absolute atomic E-state index is 2.52. The molecular weight excluding hydrogens is 374 g/mol. The van der Waals surface area contributed by atoms with Crippen molar-refractivity contribution in [1.29, 1.82) is 0 Å². The van der Waals surface area contributed by atoms with Crippen molar-refractivity contribution in [3.8, 4) is 11.3 Å². The summed E-state index contributed by atoms with van der Waals surface area (Å²) in [5.74, 6) is 2.70. The first kappa shape index (κ1) is 20.7. The van der Waals surface area contributed by atoms with E-state index < -0.39 is 0 Å². The van der Waals surface area contributed by atoms with Gasteiger partial charge in [0.25, 0.3) is 0 Å². The first-order valence-electron chi connectivity index (χ1n) is 12.2. The third-order valence-corrected chi connectivity index (χ3v) is 8.51. The fourth-order valence-corrected chi connectivity index (χ4v) is 6.34. The van der Waals surface area contributed by atoms with Crippen molar-refractivity contribution in [2.24, 2.45) is 18.9 Å². The van der Waals surface area contributed by atoms with Gasteiger partial charge in [-0.15, -0.1) is 0 Å². The summed E-state index contributed by atoms with van der Waals surface area (Å²) in [6, 6.07) is 14.6. The number of aryl methyl sites for hydroxylation is 2. The number of hydrogen-bond acceptors (Lipinski definition) is 0. The number of nitrogens with zero attached hydrogens (tertiary/aromatic N) is 1. The van der Waals surface area contributed by atoms with Crippen LogP contribution in [0.5, 0.6) is 0 Å². The molecule has 3 unspecified atom stereocenters. The Hall–Kier alpha value is -2.15. The molecule has 1 aromatic heterocycles. The van der Waals surface area contributed by atoms with Gasteiger partial charge in [0.05, 0.1) is 10.9 Å². The molecule has 0 N–H and O–H groups in total. The minimum absolute atomic E-state index is 0.139. The van der Waals surface area contributed by atoms with Gasteiger partial charge < -0.3 is 0 Å². The third kappa shape index (κ3) is 3.41. The van der Waals surface area contributed by atoms with E-state index in [1.807, 2.05) is 0 Å². The Labute approximate surface area is 188 Å². The smallest absolute Gasteiger partial charge is 0.198 e. The number of fused-ring (bicyclic) bond motifs is 3. The molecule has 162 valence electrons. The number of benzene rings is 2. The summed E-state index contributed by atoms with van der Waals surface area (Å²) in [5.41, 5.74) is 9.98. The fourth-order valence-electron chi connectivity index (χ4n) is 6.34. The summed E-state index contributed by atoms with van der Waals surface area (Å²) >= 11 is 0. The molecule has 1 nitrogen and oxygen atoms in total. The van der Waals surface area contributed by atoms with Gasteiger partial charge in [-0.3, -0.25) is 0 Å². The molecule has 0 aliphatic heterocycles. The lowest BCUT2D eigenvalue weighted by atomic mass is 9.81. The molecule has 2 aliphatic carbocycles. The normalized spacial score (nSPS) is 23.1. The summed E-state index contributed by atoms with van der Waals surface area (Å²) < 4.78 is 2.40. The zero-order chi connectivity index (χ0) is 22.1. The predicted molar refractivity (Wildman–Crippen MR) is 132 cm³/mol. The van der Waals surface area contributed by atoms with Crippen molar-refractivity contribution in [1.82, 2.24) is 0 Å². The average Bonchev–Trinajstić information content (AvgIpc) is 3.34. The highest BCUT2D eigenvalue weighted by molar-refractivity contribution is 5.94. The second-order valence-corrected chi connectivity index (χ2v) is 11.5. The van der Waals surface area contributed by atoms with E-state index in [1.165, 1.54) is 70.1 Å². The minimum Gasteiger partial charge on any atom is -0.198 e. The summed E-state index contributed by atoms with van der Waals surface area (Å²) in [7, 11) is 2.23. The first-order chi connectivity index (χ1) is 14.6. The Balaban J connectivity index is 1.71. The van der Waals surface area contributed by atoms with E-state index in [-0.39, 0.29) is 5.41 Å². The largest absolute Gasteiger partial charge is 0.220 e. The maximum atomic E-state index is 2.52. The van der Waals surface area contributed by atoms with Crippen LogP contribution in [0.2, 0.25) is 0 Å². The molecule has 0 amide bonds. The molecule has 1 heteroatoms. The second-order valence-electron chi connectivity index (χ2n) is 11.5. The summed E-state index contributed by atoms with van der Waals surface area (Å²) in [6.45, 7) is 13.8. The van der Waals surface area contributed by atoms with Gasteiger partial charge in [-0.05, 0) is 96.1 Å². The van der Waals surface area contributed by atoms with E-state index in [0.717, 1.165) is 17.8 Å². The lowest BCUT2D eigenvalue weighted by molar-refractivity contribution is -0.665. The van der Waals surface area contributed by atoms with Crippen LogP contribution in [-0.4, -0.2) is 0 Å². The van der Waals surface area contributed by atoms with E-state index >= 15 is 0 Å². The molecule has 0 saturated heterocycles. The molecule has 5 rings (SSSR count). The van der Waals surface area contributed by atoms with Gasteiger partial charge in [0.1, 0.15) is 7.05 Å². The van der Waals surface area contributed by atoms with Crippen LogP contribution in [0.1, 0.15) is 80.3 Å². The van der Waals surface area contributed by atoms with Crippen molar-refractivity contribution < 1.29 is 4.57 Å². The number of pyridine rings is 1. The van der Waals surface area contributed by atoms with Crippen molar-refractivity contribution in [3.63, 3.8) is 0 Å². The predicted octanol–water partition coefficient (Wildman–Crippen LogP) is 7.46. The zero-order valence-electron chi connectivity index (χ0n) is 20.5. The number of hydrogen-bond donors (Lipinski definition) is 0. The van der Waals surface area contributed by atoms with E-state index in [9.17, 15) is 0 Å². The molecule has 2 saturated carbocycles. The quantitative estimate of drug-likeness (QED) is 0.385. The van der Waals surface area contributed by atoms with E-state index in [2.05, 4.69) is 89.6 Å². The highest BCUT2D eigenvalue weighted by Gasteiger charge is 2.40. The molecule has 0 radical (unpaired) electrons. The topological polar surface area (TPSA) is 3.88 Å². The van der Waals surface area contributed by atoms with Gasteiger partial charge in [0, 0.05) is 13.0 Å². The second kappa shape index (κ2) is 7.19. The first-order valence-corrected chi connectivity index (χ1v) is 12.2. The van der Waals surface area contributed by atoms with Crippen molar-refractivity contribution >= 4 is 10.8 Å². The lowest BCUT2D eigenvalue weighted by Crippen LogP contribution is -2.35. The van der Waals surface area contributed by atoms with Crippen LogP contribution in [0.15, 0.2) is 36.4 Å². The molecule has 0 spiro atoms.